The van der Waals surface area contributed by atoms with Crippen LogP contribution in [-0.2, 0) is 14.4 Å². The van der Waals surface area contributed by atoms with E-state index in [0.717, 1.165) is 25.7 Å². The number of benzene rings is 1. The van der Waals surface area contributed by atoms with Crippen molar-refractivity contribution in [3.05, 3.63) is 41.5 Å². The van der Waals surface area contributed by atoms with Crippen LogP contribution in [0.3, 0.4) is 0 Å². The zero-order valence-electron chi connectivity index (χ0n) is 22.6. The second kappa shape index (κ2) is 8.03. The number of hydrogen-bond acceptors (Lipinski definition) is 4. The molecule has 1 aromatic rings. The van der Waals surface area contributed by atoms with E-state index in [-0.39, 0.29) is 46.5 Å². The first-order valence-electron chi connectivity index (χ1n) is 14.0. The van der Waals surface area contributed by atoms with Crippen LogP contribution in [0.1, 0.15) is 76.6 Å². The summed E-state index contributed by atoms with van der Waals surface area (Å²) in [6.07, 6.45) is 7.05. The molecule has 1 heterocycles. The van der Waals surface area contributed by atoms with Gasteiger partial charge < -0.3 is 10.2 Å². The van der Waals surface area contributed by atoms with Crippen LogP contribution in [0.4, 0.5) is 5.69 Å². The number of carboxylic acids is 2. The molecule has 3 saturated carbocycles. The van der Waals surface area contributed by atoms with Crippen molar-refractivity contribution < 1.29 is 29.4 Å². The molecule has 5 aliphatic carbocycles. The van der Waals surface area contributed by atoms with Crippen molar-refractivity contribution in [2.24, 2.45) is 51.8 Å². The number of carbonyl (C=O) groups is 4. The fourth-order valence-electron chi connectivity index (χ4n) is 9.99. The van der Waals surface area contributed by atoms with E-state index in [1.54, 1.807) is 12.1 Å². The molecule has 1 aliphatic heterocycles. The van der Waals surface area contributed by atoms with Crippen LogP contribution in [0.2, 0.25) is 0 Å². The van der Waals surface area contributed by atoms with Crippen molar-refractivity contribution in [3.63, 3.8) is 0 Å². The van der Waals surface area contributed by atoms with E-state index in [0.29, 0.717) is 18.5 Å². The average Bonchev–Trinajstić information content (AvgIpc) is 3.15. The second-order valence-corrected chi connectivity index (χ2v) is 13.4. The molecule has 7 nitrogen and oxygen atoms in total. The number of carboxylic acid groups (broad SMARTS) is 2. The first kappa shape index (κ1) is 25.3. The Hall–Kier alpha value is -2.96. The number of anilines is 1. The van der Waals surface area contributed by atoms with Crippen molar-refractivity contribution in [2.45, 2.75) is 66.2 Å². The largest absolute Gasteiger partial charge is 0.481 e. The van der Waals surface area contributed by atoms with Crippen LogP contribution >= 0.6 is 0 Å². The van der Waals surface area contributed by atoms with Gasteiger partial charge in [-0.25, -0.2) is 9.69 Å². The zero-order chi connectivity index (χ0) is 27.4. The van der Waals surface area contributed by atoms with Gasteiger partial charge in [-0.15, -0.1) is 0 Å². The van der Waals surface area contributed by atoms with Crippen molar-refractivity contribution in [1.29, 1.82) is 0 Å². The van der Waals surface area contributed by atoms with Gasteiger partial charge in [0.15, 0.2) is 0 Å². The Morgan fingerprint density at radius 3 is 2.42 bits per heavy atom. The summed E-state index contributed by atoms with van der Waals surface area (Å²) >= 11 is 0. The molecule has 0 aromatic heterocycles. The van der Waals surface area contributed by atoms with Gasteiger partial charge >= 0.3 is 11.9 Å². The molecule has 8 atom stereocenters. The second-order valence-electron chi connectivity index (χ2n) is 13.4. The van der Waals surface area contributed by atoms with Gasteiger partial charge in [0, 0.05) is 5.41 Å². The number of aromatic carboxylic acids is 1. The van der Waals surface area contributed by atoms with Gasteiger partial charge in [0.1, 0.15) is 0 Å². The molecule has 1 aromatic carbocycles. The molecule has 202 valence electrons. The van der Waals surface area contributed by atoms with Gasteiger partial charge in [-0.2, -0.15) is 0 Å². The van der Waals surface area contributed by atoms with Crippen LogP contribution in [0.25, 0.3) is 0 Å². The highest BCUT2D eigenvalue weighted by Gasteiger charge is 2.73. The monoisotopic (exact) mass is 519 g/mol. The Bertz CT molecular complexity index is 1300. The lowest BCUT2D eigenvalue weighted by molar-refractivity contribution is -0.194. The maximum absolute atomic E-state index is 14.3. The van der Waals surface area contributed by atoms with E-state index < -0.39 is 34.6 Å². The summed E-state index contributed by atoms with van der Waals surface area (Å²) in [5.41, 5.74) is 0.112. The number of amides is 2. The maximum Gasteiger partial charge on any atom is 0.335 e. The Balaban J connectivity index is 1.48. The standard InChI is InChI=1S/C31H37NO6/c1-16(2)20-15-31-12-9-21-29(3,10-6-11-30(21,4)28(37)38)22(31)14-19(20)23-24(31)26(34)32(25(23)33)18-8-5-7-17(13-18)27(35)36/h5,7-8,13,15-16,19,21-24H,6,9-12,14H2,1-4H3,(H,35,36)(H,37,38)/t19-,21-,22+,23-,24+,29+,30-,31+/m1/s1. The molecule has 7 rings (SSSR count). The molecule has 2 N–H and O–H groups in total. The Labute approximate surface area is 223 Å². The fourth-order valence-corrected chi connectivity index (χ4v) is 9.99. The van der Waals surface area contributed by atoms with Crippen molar-refractivity contribution in [3.8, 4) is 0 Å². The molecule has 2 amide bonds. The summed E-state index contributed by atoms with van der Waals surface area (Å²) in [6.45, 7) is 8.48. The van der Waals surface area contributed by atoms with Gasteiger partial charge in [-0.1, -0.05) is 44.9 Å². The first-order chi connectivity index (χ1) is 17.9. The van der Waals surface area contributed by atoms with Crippen molar-refractivity contribution in [1.82, 2.24) is 0 Å². The summed E-state index contributed by atoms with van der Waals surface area (Å²) < 4.78 is 0. The summed E-state index contributed by atoms with van der Waals surface area (Å²) in [5.74, 6) is -2.89. The number of imide groups is 1. The summed E-state index contributed by atoms with van der Waals surface area (Å²) in [5, 5.41) is 19.8. The van der Waals surface area contributed by atoms with Crippen LogP contribution in [0.5, 0.6) is 0 Å². The highest BCUT2D eigenvalue weighted by atomic mass is 16.4. The molecular weight excluding hydrogens is 482 g/mol. The third-order valence-electron chi connectivity index (χ3n) is 11.5. The molecular formula is C31H37NO6. The normalized spacial score (nSPS) is 41.4. The topological polar surface area (TPSA) is 112 Å². The first-order valence-corrected chi connectivity index (χ1v) is 14.0. The van der Waals surface area contributed by atoms with Crippen LogP contribution in [0.15, 0.2) is 35.9 Å². The minimum absolute atomic E-state index is 0.0288. The lowest BCUT2D eigenvalue weighted by atomic mass is 9.34. The average molecular weight is 520 g/mol. The predicted octanol–water partition coefficient (Wildman–Crippen LogP) is 5.40. The van der Waals surface area contributed by atoms with Crippen LogP contribution < -0.4 is 4.90 Å². The summed E-state index contributed by atoms with van der Waals surface area (Å²) in [4.78, 5) is 53.8. The van der Waals surface area contributed by atoms with E-state index in [9.17, 15) is 29.4 Å². The number of nitrogens with zero attached hydrogens (tertiary/aromatic N) is 1. The molecule has 1 spiro atoms. The lowest BCUT2D eigenvalue weighted by Gasteiger charge is -2.68. The maximum atomic E-state index is 14.3. The summed E-state index contributed by atoms with van der Waals surface area (Å²) in [7, 11) is 0. The Kier molecular flexibility index (Phi) is 5.35. The number of allylic oxidation sites excluding steroid dienone is 2. The number of fused-ring (bicyclic) bond motifs is 1. The van der Waals surface area contributed by atoms with Crippen LogP contribution in [-0.4, -0.2) is 34.0 Å². The number of rotatable bonds is 4. The van der Waals surface area contributed by atoms with Gasteiger partial charge in [0.05, 0.1) is 28.5 Å². The quantitative estimate of drug-likeness (QED) is 0.407. The molecule has 0 radical (unpaired) electrons. The van der Waals surface area contributed by atoms with E-state index in [1.165, 1.54) is 22.6 Å². The molecule has 6 aliphatic rings. The highest BCUT2D eigenvalue weighted by molar-refractivity contribution is 6.23. The Morgan fingerprint density at radius 1 is 1.03 bits per heavy atom. The molecule has 2 bridgehead atoms. The van der Waals surface area contributed by atoms with Gasteiger partial charge in [-0.05, 0) is 86.3 Å². The van der Waals surface area contributed by atoms with Gasteiger partial charge in [0.2, 0.25) is 11.8 Å². The highest BCUT2D eigenvalue weighted by Crippen LogP contribution is 2.74. The fraction of sp³-hybridized carbons (Fsp3) is 0.613. The minimum atomic E-state index is -1.10. The molecule has 7 heteroatoms. The third kappa shape index (κ3) is 3.02. The third-order valence-corrected chi connectivity index (χ3v) is 11.5. The van der Waals surface area contributed by atoms with E-state index >= 15 is 0 Å². The lowest BCUT2D eigenvalue weighted by Crippen LogP contribution is -2.65. The van der Waals surface area contributed by atoms with Gasteiger partial charge in [0.25, 0.3) is 0 Å². The van der Waals surface area contributed by atoms with Crippen molar-refractivity contribution in [2.75, 3.05) is 4.90 Å². The summed E-state index contributed by atoms with van der Waals surface area (Å²) in [6, 6.07) is 6.10. The Morgan fingerprint density at radius 2 is 1.76 bits per heavy atom. The minimum Gasteiger partial charge on any atom is -0.481 e. The molecule has 4 fully saturated rings. The van der Waals surface area contributed by atoms with Crippen molar-refractivity contribution >= 4 is 29.4 Å². The smallest absolute Gasteiger partial charge is 0.335 e. The molecule has 0 unspecified atom stereocenters. The van der Waals surface area contributed by atoms with Crippen LogP contribution in [0, 0.1) is 51.8 Å². The molecule has 38 heavy (non-hydrogen) atoms. The van der Waals surface area contributed by atoms with E-state index in [4.69, 9.17) is 0 Å². The predicted molar refractivity (Wildman–Crippen MR) is 140 cm³/mol. The van der Waals surface area contributed by atoms with Gasteiger partial charge in [-0.3, -0.25) is 14.4 Å². The number of hydrogen-bond donors (Lipinski definition) is 2. The van der Waals surface area contributed by atoms with E-state index in [2.05, 4.69) is 26.8 Å². The SMILES string of the molecule is CC(C)C1=C[C@@]23CC[C@@H]4[C@](C)(CCC[C@@]4(C)C(=O)O)[C@@H]2C[C@H]1[C@H]1C(=O)N(c2cccc(C(=O)O)c2)C(=O)[C@H]13. The zero-order valence-corrected chi connectivity index (χ0v) is 22.6. The van der Waals surface area contributed by atoms with E-state index in [1.807, 2.05) is 6.92 Å². The number of aliphatic carboxylic acids is 1. The molecule has 1 saturated heterocycles. The number of carbonyl (C=O) groups excluding carboxylic acids is 2.